The van der Waals surface area contributed by atoms with Crippen LogP contribution in [0.15, 0.2) is 0 Å². The van der Waals surface area contributed by atoms with Gasteiger partial charge in [-0.1, -0.05) is 0 Å². The van der Waals surface area contributed by atoms with Crippen molar-refractivity contribution in [3.05, 3.63) is 0 Å². The second-order valence-corrected chi connectivity index (χ2v) is 5.51. The van der Waals surface area contributed by atoms with E-state index in [4.69, 9.17) is 10.5 Å². The Bertz CT molecular complexity index is 290. The largest absolute Gasteiger partial charge is 0.468 e. The molecule has 2 N–H and O–H groups in total. The van der Waals surface area contributed by atoms with E-state index < -0.39 is 0 Å². The Morgan fingerprint density at radius 2 is 1.94 bits per heavy atom. The Morgan fingerprint density at radius 1 is 1.28 bits per heavy atom. The Morgan fingerprint density at radius 3 is 2.56 bits per heavy atom. The number of likely N-dealkylation sites (tertiary alicyclic amines) is 2. The fraction of sp³-hybridized carbons (Fsp3) is 0.923. The summed E-state index contributed by atoms with van der Waals surface area (Å²) in [5, 5.41) is 0. The molecule has 2 aliphatic heterocycles. The number of nitrogens with zero attached hydrogens (tertiary/aromatic N) is 2. The zero-order chi connectivity index (χ0) is 13.1. The molecule has 0 aromatic rings. The quantitative estimate of drug-likeness (QED) is 0.722. The number of hydrogen-bond acceptors (Lipinski definition) is 5. The Balaban J connectivity index is 1.83. The highest BCUT2D eigenvalue weighted by Crippen LogP contribution is 2.21. The summed E-state index contributed by atoms with van der Waals surface area (Å²) in [4.78, 5) is 16.3. The van der Waals surface area contributed by atoms with E-state index in [-0.39, 0.29) is 12.0 Å². The molecule has 0 aliphatic carbocycles. The van der Waals surface area contributed by atoms with Crippen molar-refractivity contribution in [3.63, 3.8) is 0 Å². The van der Waals surface area contributed by atoms with E-state index in [1.807, 2.05) is 6.92 Å². The van der Waals surface area contributed by atoms with E-state index in [1.54, 1.807) is 0 Å². The summed E-state index contributed by atoms with van der Waals surface area (Å²) < 4.78 is 4.81. The first-order chi connectivity index (χ1) is 8.61. The summed E-state index contributed by atoms with van der Waals surface area (Å²) in [5.41, 5.74) is 5.93. The van der Waals surface area contributed by atoms with E-state index in [2.05, 4.69) is 9.80 Å². The molecule has 0 spiro atoms. The van der Waals surface area contributed by atoms with E-state index in [0.717, 1.165) is 45.4 Å². The molecule has 0 amide bonds. The molecule has 0 radical (unpaired) electrons. The lowest BCUT2D eigenvalue weighted by Crippen LogP contribution is -2.47. The first-order valence-corrected chi connectivity index (χ1v) is 6.93. The van der Waals surface area contributed by atoms with Gasteiger partial charge in [0.05, 0.1) is 7.11 Å². The first kappa shape index (κ1) is 13.8. The summed E-state index contributed by atoms with van der Waals surface area (Å²) in [6, 6.07) is 0.851. The van der Waals surface area contributed by atoms with Gasteiger partial charge in [-0.2, -0.15) is 0 Å². The molecule has 2 aliphatic rings. The topological polar surface area (TPSA) is 58.8 Å². The van der Waals surface area contributed by atoms with E-state index in [0.29, 0.717) is 12.1 Å². The SMILES string of the molecule is COC(=O)C(C)N1CCC(N2CCC(N)CC2)C1. The van der Waals surface area contributed by atoms with Crippen LogP contribution >= 0.6 is 0 Å². The van der Waals surface area contributed by atoms with Crippen LogP contribution < -0.4 is 5.73 Å². The maximum atomic E-state index is 11.5. The summed E-state index contributed by atoms with van der Waals surface area (Å²) >= 11 is 0. The van der Waals surface area contributed by atoms with Crippen molar-refractivity contribution >= 4 is 5.97 Å². The molecule has 5 heteroatoms. The minimum atomic E-state index is -0.128. The van der Waals surface area contributed by atoms with Crippen molar-refractivity contribution in [3.8, 4) is 0 Å². The Kier molecular flexibility index (Phi) is 4.59. The summed E-state index contributed by atoms with van der Waals surface area (Å²) in [5.74, 6) is -0.128. The third-order valence-electron chi connectivity index (χ3n) is 4.38. The molecule has 2 heterocycles. The molecule has 2 rings (SSSR count). The van der Waals surface area contributed by atoms with E-state index in [9.17, 15) is 4.79 Å². The number of rotatable bonds is 3. The van der Waals surface area contributed by atoms with Gasteiger partial charge in [0.1, 0.15) is 6.04 Å². The van der Waals surface area contributed by atoms with Gasteiger partial charge in [-0.05, 0) is 39.3 Å². The van der Waals surface area contributed by atoms with Crippen LogP contribution in [-0.2, 0) is 9.53 Å². The lowest BCUT2D eigenvalue weighted by molar-refractivity contribution is -0.145. The molecular weight excluding hydrogens is 230 g/mol. The fourth-order valence-electron chi connectivity index (χ4n) is 3.02. The molecule has 0 aromatic heterocycles. The third-order valence-corrected chi connectivity index (χ3v) is 4.38. The van der Waals surface area contributed by atoms with Crippen molar-refractivity contribution in [1.29, 1.82) is 0 Å². The second-order valence-electron chi connectivity index (χ2n) is 5.51. The molecule has 0 saturated carbocycles. The third kappa shape index (κ3) is 3.02. The number of carbonyl (C=O) groups is 1. The van der Waals surface area contributed by atoms with Gasteiger partial charge in [-0.15, -0.1) is 0 Å². The summed E-state index contributed by atoms with van der Waals surface area (Å²) in [6.07, 6.45) is 3.35. The molecule has 2 saturated heterocycles. The van der Waals surface area contributed by atoms with Crippen molar-refractivity contribution < 1.29 is 9.53 Å². The van der Waals surface area contributed by atoms with Crippen LogP contribution in [0.3, 0.4) is 0 Å². The van der Waals surface area contributed by atoms with Gasteiger partial charge in [-0.3, -0.25) is 14.6 Å². The molecule has 2 unspecified atom stereocenters. The second kappa shape index (κ2) is 5.99. The standard InChI is InChI=1S/C13H25N3O2/c1-10(13(17)18-2)16-8-5-12(9-16)15-6-3-11(14)4-7-15/h10-12H,3-9,14H2,1-2H3. The van der Waals surface area contributed by atoms with Crippen molar-refractivity contribution in [2.45, 2.75) is 44.3 Å². The maximum absolute atomic E-state index is 11.5. The predicted octanol–water partition coefficient (Wildman–Crippen LogP) is 0.0453. The fourth-order valence-corrected chi connectivity index (χ4v) is 3.02. The van der Waals surface area contributed by atoms with Crippen LogP contribution in [0.2, 0.25) is 0 Å². The molecule has 18 heavy (non-hydrogen) atoms. The predicted molar refractivity (Wildman–Crippen MR) is 70.2 cm³/mol. The Hall–Kier alpha value is -0.650. The molecule has 104 valence electrons. The smallest absolute Gasteiger partial charge is 0.322 e. The van der Waals surface area contributed by atoms with Crippen LogP contribution in [0.5, 0.6) is 0 Å². The van der Waals surface area contributed by atoms with Crippen molar-refractivity contribution in [1.82, 2.24) is 9.80 Å². The molecule has 2 fully saturated rings. The molecule has 0 aromatic carbocycles. The minimum Gasteiger partial charge on any atom is -0.468 e. The van der Waals surface area contributed by atoms with Gasteiger partial charge in [0.2, 0.25) is 0 Å². The van der Waals surface area contributed by atoms with Crippen molar-refractivity contribution in [2.24, 2.45) is 5.73 Å². The average Bonchev–Trinajstić information content (AvgIpc) is 2.87. The Labute approximate surface area is 109 Å². The number of hydrogen-bond donors (Lipinski definition) is 1. The lowest BCUT2D eigenvalue weighted by Gasteiger charge is -2.35. The zero-order valence-electron chi connectivity index (χ0n) is 11.5. The summed E-state index contributed by atoms with van der Waals surface area (Å²) in [7, 11) is 1.46. The molecule has 2 atom stereocenters. The van der Waals surface area contributed by atoms with Gasteiger partial charge < -0.3 is 10.5 Å². The van der Waals surface area contributed by atoms with Gasteiger partial charge in [-0.25, -0.2) is 0 Å². The number of methoxy groups -OCH3 is 1. The maximum Gasteiger partial charge on any atom is 0.322 e. The summed E-state index contributed by atoms with van der Waals surface area (Å²) in [6.45, 7) is 6.11. The average molecular weight is 255 g/mol. The monoisotopic (exact) mass is 255 g/mol. The van der Waals surface area contributed by atoms with Crippen molar-refractivity contribution in [2.75, 3.05) is 33.3 Å². The number of esters is 1. The zero-order valence-corrected chi connectivity index (χ0v) is 11.5. The van der Waals surface area contributed by atoms with Crippen LogP contribution in [0.4, 0.5) is 0 Å². The molecule has 5 nitrogen and oxygen atoms in total. The minimum absolute atomic E-state index is 0.118. The van der Waals surface area contributed by atoms with E-state index >= 15 is 0 Å². The highest BCUT2D eigenvalue weighted by atomic mass is 16.5. The highest BCUT2D eigenvalue weighted by Gasteiger charge is 2.33. The number of ether oxygens (including phenoxy) is 1. The number of carbonyl (C=O) groups excluding carboxylic acids is 1. The normalized spacial score (nSPS) is 29.4. The first-order valence-electron chi connectivity index (χ1n) is 6.93. The van der Waals surface area contributed by atoms with Gasteiger partial charge in [0.25, 0.3) is 0 Å². The highest BCUT2D eigenvalue weighted by molar-refractivity contribution is 5.75. The van der Waals surface area contributed by atoms with Crippen LogP contribution in [0.1, 0.15) is 26.2 Å². The number of piperidine rings is 1. The van der Waals surface area contributed by atoms with Gasteiger partial charge in [0.15, 0.2) is 0 Å². The van der Waals surface area contributed by atoms with Gasteiger partial charge in [0, 0.05) is 25.2 Å². The van der Waals surface area contributed by atoms with Crippen LogP contribution in [0.25, 0.3) is 0 Å². The van der Waals surface area contributed by atoms with E-state index in [1.165, 1.54) is 7.11 Å². The molecular formula is C13H25N3O2. The van der Waals surface area contributed by atoms with Crippen LogP contribution in [-0.4, -0.2) is 67.2 Å². The van der Waals surface area contributed by atoms with Gasteiger partial charge >= 0.3 is 5.97 Å². The van der Waals surface area contributed by atoms with Crippen LogP contribution in [0, 0.1) is 0 Å². The molecule has 0 bridgehead atoms. The number of nitrogens with two attached hydrogens (primary N) is 1. The lowest BCUT2D eigenvalue weighted by atomic mass is 10.0.